The van der Waals surface area contributed by atoms with E-state index >= 15 is 0 Å². The Labute approximate surface area is 82.9 Å². The van der Waals surface area contributed by atoms with E-state index in [-0.39, 0.29) is 6.15 Å². The average Bonchev–Trinajstić information content (AvgIpc) is 2.61. The summed E-state index contributed by atoms with van der Waals surface area (Å²) in [6.07, 6.45) is 7.35. The average molecular weight is 194 g/mol. The van der Waals surface area contributed by atoms with Gasteiger partial charge in [-0.15, -0.1) is 0 Å². The number of hydrogen-bond acceptors (Lipinski definition) is 3. The molecule has 1 aromatic heterocycles. The molecule has 0 atom stereocenters. The van der Waals surface area contributed by atoms with Gasteiger partial charge >= 0.3 is 6.15 Å². The second-order valence-electron chi connectivity index (χ2n) is 3.24. The first-order valence-electron chi connectivity index (χ1n) is 4.86. The smallest absolute Gasteiger partial charge is 0.335 e. The quantitative estimate of drug-likeness (QED) is 0.675. The van der Waals surface area contributed by atoms with Gasteiger partial charge in [-0.2, -0.15) is 9.59 Å². The predicted octanol–water partition coefficient (Wildman–Crippen LogP) is 1.20. The molecular formula is C10H14N2O2. The van der Waals surface area contributed by atoms with Gasteiger partial charge in [0.05, 0.1) is 5.69 Å². The van der Waals surface area contributed by atoms with Crippen LogP contribution in [0, 0.1) is 0 Å². The van der Waals surface area contributed by atoms with Crippen molar-refractivity contribution in [2.75, 3.05) is 0 Å². The van der Waals surface area contributed by atoms with Gasteiger partial charge in [0.2, 0.25) is 0 Å². The Morgan fingerprint density at radius 1 is 1.50 bits per heavy atom. The van der Waals surface area contributed by atoms with Gasteiger partial charge in [-0.05, 0) is 19.3 Å². The van der Waals surface area contributed by atoms with Gasteiger partial charge in [0.15, 0.2) is 0 Å². The minimum atomic E-state index is 0.250. The third-order valence-corrected chi connectivity index (χ3v) is 2.32. The highest BCUT2D eigenvalue weighted by atomic mass is 16.2. The fraction of sp³-hybridized carbons (Fsp3) is 0.600. The minimum absolute atomic E-state index is 0.250. The predicted molar refractivity (Wildman–Crippen MR) is 49.6 cm³/mol. The largest absolute Gasteiger partial charge is 0.373 e. The third-order valence-electron chi connectivity index (χ3n) is 2.32. The van der Waals surface area contributed by atoms with Gasteiger partial charge in [0.25, 0.3) is 0 Å². The van der Waals surface area contributed by atoms with E-state index in [1.807, 2.05) is 0 Å². The number of hydrogen-bond donors (Lipinski definition) is 0. The zero-order valence-electron chi connectivity index (χ0n) is 8.32. The summed E-state index contributed by atoms with van der Waals surface area (Å²) >= 11 is 0. The van der Waals surface area contributed by atoms with Crippen molar-refractivity contribution < 1.29 is 9.59 Å². The Kier molecular flexibility index (Phi) is 4.08. The summed E-state index contributed by atoms with van der Waals surface area (Å²) in [6, 6.07) is 0. The Morgan fingerprint density at radius 3 is 2.79 bits per heavy atom. The van der Waals surface area contributed by atoms with Crippen molar-refractivity contribution in [2.45, 2.75) is 39.2 Å². The van der Waals surface area contributed by atoms with E-state index < -0.39 is 0 Å². The van der Waals surface area contributed by atoms with Crippen LogP contribution in [0.4, 0.5) is 0 Å². The summed E-state index contributed by atoms with van der Waals surface area (Å²) in [5.74, 6) is 1.30. The van der Waals surface area contributed by atoms with Crippen LogP contribution in [-0.2, 0) is 29.0 Å². The molecule has 0 unspecified atom stereocenters. The molecule has 2 heterocycles. The number of carbonyl (C=O) groups excluding carboxylic acids is 2. The van der Waals surface area contributed by atoms with Crippen LogP contribution in [0.1, 0.15) is 31.3 Å². The van der Waals surface area contributed by atoms with E-state index in [0.29, 0.717) is 0 Å². The van der Waals surface area contributed by atoms with Gasteiger partial charge in [-0.25, -0.2) is 4.98 Å². The summed E-state index contributed by atoms with van der Waals surface area (Å²) in [4.78, 5) is 20.8. The highest BCUT2D eigenvalue weighted by molar-refractivity contribution is 5.20. The lowest BCUT2D eigenvalue weighted by Crippen LogP contribution is -2.08. The molecule has 76 valence electrons. The highest BCUT2D eigenvalue weighted by Gasteiger charge is 2.10. The second kappa shape index (κ2) is 5.35. The molecule has 0 saturated heterocycles. The molecule has 4 nitrogen and oxygen atoms in total. The molecule has 1 aromatic rings. The lowest BCUT2D eigenvalue weighted by atomic mass is 10.2. The van der Waals surface area contributed by atoms with E-state index in [2.05, 4.69) is 22.7 Å². The maximum absolute atomic E-state index is 8.12. The zero-order valence-corrected chi connectivity index (χ0v) is 8.32. The van der Waals surface area contributed by atoms with Crippen molar-refractivity contribution in [3.63, 3.8) is 0 Å². The Balaban J connectivity index is 0.000000293. The van der Waals surface area contributed by atoms with E-state index in [1.54, 1.807) is 0 Å². The molecule has 0 saturated carbocycles. The molecule has 0 spiro atoms. The van der Waals surface area contributed by atoms with Crippen molar-refractivity contribution in [2.24, 2.45) is 0 Å². The summed E-state index contributed by atoms with van der Waals surface area (Å²) < 4.78 is 2.31. The van der Waals surface area contributed by atoms with Gasteiger partial charge in [-0.3, -0.25) is 0 Å². The van der Waals surface area contributed by atoms with Crippen molar-refractivity contribution in [1.82, 2.24) is 9.55 Å². The van der Waals surface area contributed by atoms with Crippen LogP contribution in [0.15, 0.2) is 6.20 Å². The number of aromatic nitrogens is 2. The first-order chi connectivity index (χ1) is 6.81. The number of nitrogens with zero attached hydrogens (tertiary/aromatic N) is 2. The zero-order chi connectivity index (χ0) is 10.4. The van der Waals surface area contributed by atoms with Crippen LogP contribution in [0.2, 0.25) is 0 Å². The standard InChI is InChI=1S/C9H14N2.CO2/c1-2-8-7-11-6-4-3-5-9(11)10-8;2-1-3/h7H,2-6H2,1H3;. The lowest BCUT2D eigenvalue weighted by molar-refractivity contribution is -0.191. The normalized spacial score (nSPS) is 13.5. The first kappa shape index (κ1) is 10.7. The van der Waals surface area contributed by atoms with Crippen LogP contribution in [0.3, 0.4) is 0 Å². The molecule has 0 fully saturated rings. The maximum Gasteiger partial charge on any atom is 0.373 e. The molecule has 0 radical (unpaired) electrons. The second-order valence-corrected chi connectivity index (χ2v) is 3.24. The number of rotatable bonds is 1. The monoisotopic (exact) mass is 194 g/mol. The van der Waals surface area contributed by atoms with Gasteiger partial charge in [0.1, 0.15) is 5.82 Å². The molecule has 1 aliphatic rings. The lowest BCUT2D eigenvalue weighted by Gasteiger charge is -2.11. The molecule has 0 aliphatic carbocycles. The SMILES string of the molecule is CCc1cn2c(n1)CCCC2.O=C=O. The number of fused-ring (bicyclic) bond motifs is 1. The van der Waals surface area contributed by atoms with Gasteiger partial charge < -0.3 is 4.57 Å². The van der Waals surface area contributed by atoms with E-state index in [1.165, 1.54) is 37.3 Å². The van der Waals surface area contributed by atoms with Gasteiger partial charge in [-0.1, -0.05) is 6.92 Å². The Hall–Kier alpha value is -1.41. The summed E-state index contributed by atoms with van der Waals surface area (Å²) in [6.45, 7) is 3.34. The Morgan fingerprint density at radius 2 is 2.21 bits per heavy atom. The Bertz CT molecular complexity index is 301. The molecule has 0 amide bonds. The fourth-order valence-electron chi connectivity index (χ4n) is 1.64. The van der Waals surface area contributed by atoms with Crippen molar-refractivity contribution in [3.05, 3.63) is 17.7 Å². The molecule has 0 N–H and O–H groups in total. The molecular weight excluding hydrogens is 180 g/mol. The van der Waals surface area contributed by atoms with Crippen LogP contribution in [0.25, 0.3) is 0 Å². The van der Waals surface area contributed by atoms with Crippen LogP contribution in [-0.4, -0.2) is 15.7 Å². The van der Waals surface area contributed by atoms with Crippen molar-refractivity contribution in [1.29, 1.82) is 0 Å². The van der Waals surface area contributed by atoms with E-state index in [9.17, 15) is 0 Å². The van der Waals surface area contributed by atoms with Crippen molar-refractivity contribution in [3.8, 4) is 0 Å². The maximum atomic E-state index is 8.12. The number of imidazole rings is 1. The third kappa shape index (κ3) is 2.54. The molecule has 1 aliphatic heterocycles. The van der Waals surface area contributed by atoms with Gasteiger partial charge in [0, 0.05) is 19.2 Å². The molecule has 0 aromatic carbocycles. The number of aryl methyl sites for hydroxylation is 3. The van der Waals surface area contributed by atoms with Crippen LogP contribution in [0.5, 0.6) is 0 Å². The van der Waals surface area contributed by atoms with Crippen molar-refractivity contribution >= 4 is 6.15 Å². The molecule has 4 heteroatoms. The van der Waals surface area contributed by atoms with Crippen LogP contribution >= 0.6 is 0 Å². The topological polar surface area (TPSA) is 52.0 Å². The summed E-state index contributed by atoms with van der Waals surface area (Å²) in [5.41, 5.74) is 1.25. The highest BCUT2D eigenvalue weighted by Crippen LogP contribution is 2.14. The van der Waals surface area contributed by atoms with E-state index in [4.69, 9.17) is 9.59 Å². The minimum Gasteiger partial charge on any atom is -0.335 e. The van der Waals surface area contributed by atoms with E-state index in [0.717, 1.165) is 6.42 Å². The fourth-order valence-corrected chi connectivity index (χ4v) is 1.64. The molecule has 14 heavy (non-hydrogen) atoms. The summed E-state index contributed by atoms with van der Waals surface area (Å²) in [7, 11) is 0. The first-order valence-corrected chi connectivity index (χ1v) is 4.86. The summed E-state index contributed by atoms with van der Waals surface area (Å²) in [5, 5.41) is 0. The van der Waals surface area contributed by atoms with Crippen LogP contribution < -0.4 is 0 Å². The molecule has 2 rings (SSSR count). The molecule has 0 bridgehead atoms.